The molecule has 5 heteroatoms. The van der Waals surface area contributed by atoms with Crippen molar-refractivity contribution in [3.05, 3.63) is 63.7 Å². The molecule has 3 rings (SSSR count). The van der Waals surface area contributed by atoms with Gasteiger partial charge in [-0.3, -0.25) is 9.78 Å². The van der Waals surface area contributed by atoms with Crippen LogP contribution < -0.4 is 5.32 Å². The molecule has 0 bridgehead atoms. The van der Waals surface area contributed by atoms with Gasteiger partial charge in [-0.1, -0.05) is 6.07 Å². The third-order valence-electron chi connectivity index (χ3n) is 3.45. The fraction of sp³-hybridized carbons (Fsp3) is 0.176. The number of nitrogens with one attached hydrogen (secondary N) is 1. The molecule has 0 atom stereocenters. The van der Waals surface area contributed by atoms with E-state index in [9.17, 15) is 9.18 Å². The van der Waals surface area contributed by atoms with E-state index in [1.807, 2.05) is 17.5 Å². The van der Waals surface area contributed by atoms with Crippen molar-refractivity contribution in [2.75, 3.05) is 6.54 Å². The van der Waals surface area contributed by atoms with Crippen molar-refractivity contribution in [1.82, 2.24) is 10.3 Å². The number of hydrogen-bond acceptors (Lipinski definition) is 3. The fourth-order valence-corrected chi connectivity index (χ4v) is 3.02. The first-order valence-corrected chi connectivity index (χ1v) is 7.89. The molecule has 0 unspecified atom stereocenters. The van der Waals surface area contributed by atoms with E-state index in [0.717, 1.165) is 11.8 Å². The summed E-state index contributed by atoms with van der Waals surface area (Å²) in [7, 11) is 0. The molecule has 0 spiro atoms. The van der Waals surface area contributed by atoms with E-state index in [4.69, 9.17) is 0 Å². The van der Waals surface area contributed by atoms with E-state index in [1.165, 1.54) is 17.0 Å². The summed E-state index contributed by atoms with van der Waals surface area (Å²) in [6, 6.07) is 10.2. The molecule has 0 aliphatic heterocycles. The SMILES string of the molecule is Cc1nc2cc(F)ccc2cc1C(=O)NCCc1cccs1. The van der Waals surface area contributed by atoms with Crippen LogP contribution >= 0.6 is 11.3 Å². The number of thiophene rings is 1. The van der Waals surface area contributed by atoms with Crippen LogP contribution in [0.15, 0.2) is 41.8 Å². The maximum atomic E-state index is 13.2. The summed E-state index contributed by atoms with van der Waals surface area (Å²) in [4.78, 5) is 17.8. The summed E-state index contributed by atoms with van der Waals surface area (Å²) in [5.41, 5.74) is 1.70. The molecule has 2 aromatic heterocycles. The highest BCUT2D eigenvalue weighted by Gasteiger charge is 2.11. The Kier molecular flexibility index (Phi) is 4.15. The summed E-state index contributed by atoms with van der Waals surface area (Å²) < 4.78 is 13.2. The normalized spacial score (nSPS) is 10.8. The minimum absolute atomic E-state index is 0.146. The van der Waals surface area contributed by atoms with Gasteiger partial charge in [0.25, 0.3) is 5.91 Å². The van der Waals surface area contributed by atoms with Crippen molar-refractivity contribution >= 4 is 28.1 Å². The number of fused-ring (bicyclic) bond motifs is 1. The van der Waals surface area contributed by atoms with Crippen LogP contribution in [-0.4, -0.2) is 17.4 Å². The molecule has 1 aromatic carbocycles. The Morgan fingerprint density at radius 1 is 1.32 bits per heavy atom. The summed E-state index contributed by atoms with van der Waals surface area (Å²) >= 11 is 1.68. The predicted molar refractivity (Wildman–Crippen MR) is 86.8 cm³/mol. The van der Waals surface area contributed by atoms with Crippen molar-refractivity contribution in [3.8, 4) is 0 Å². The number of carbonyl (C=O) groups is 1. The van der Waals surface area contributed by atoms with Crippen molar-refractivity contribution < 1.29 is 9.18 Å². The number of pyridine rings is 1. The largest absolute Gasteiger partial charge is 0.352 e. The quantitative estimate of drug-likeness (QED) is 0.797. The van der Waals surface area contributed by atoms with Gasteiger partial charge in [0, 0.05) is 22.9 Å². The van der Waals surface area contributed by atoms with E-state index < -0.39 is 0 Å². The Labute approximate surface area is 131 Å². The van der Waals surface area contributed by atoms with Crippen LogP contribution in [0.2, 0.25) is 0 Å². The average molecular weight is 314 g/mol. The fourth-order valence-electron chi connectivity index (χ4n) is 2.32. The lowest BCUT2D eigenvalue weighted by molar-refractivity contribution is 0.0953. The average Bonchev–Trinajstić information content (AvgIpc) is 2.99. The zero-order valence-electron chi connectivity index (χ0n) is 12.1. The molecule has 3 nitrogen and oxygen atoms in total. The van der Waals surface area contributed by atoms with Gasteiger partial charge in [0.2, 0.25) is 0 Å². The Bertz CT molecular complexity index is 815. The summed E-state index contributed by atoms with van der Waals surface area (Å²) in [6.45, 7) is 2.35. The maximum Gasteiger partial charge on any atom is 0.253 e. The first kappa shape index (κ1) is 14.7. The van der Waals surface area contributed by atoms with Gasteiger partial charge in [0.15, 0.2) is 0 Å². The number of aryl methyl sites for hydroxylation is 1. The zero-order chi connectivity index (χ0) is 15.5. The predicted octanol–water partition coefficient (Wildman–Crippen LogP) is 3.72. The number of rotatable bonds is 4. The molecule has 112 valence electrons. The van der Waals surface area contributed by atoms with Crippen molar-refractivity contribution in [1.29, 1.82) is 0 Å². The van der Waals surface area contributed by atoms with Crippen LogP contribution in [0.4, 0.5) is 4.39 Å². The topological polar surface area (TPSA) is 42.0 Å². The number of amides is 1. The molecule has 22 heavy (non-hydrogen) atoms. The summed E-state index contributed by atoms with van der Waals surface area (Å²) in [6.07, 6.45) is 0.814. The lowest BCUT2D eigenvalue weighted by atomic mass is 10.1. The Balaban J connectivity index is 1.75. The van der Waals surface area contributed by atoms with Crippen LogP contribution in [0.5, 0.6) is 0 Å². The van der Waals surface area contributed by atoms with E-state index in [1.54, 1.807) is 30.4 Å². The van der Waals surface area contributed by atoms with Crippen LogP contribution in [-0.2, 0) is 6.42 Å². The molecular formula is C17H15FN2OS. The molecule has 0 fully saturated rings. The monoisotopic (exact) mass is 314 g/mol. The second-order valence-corrected chi connectivity index (χ2v) is 6.08. The minimum atomic E-state index is -0.326. The first-order valence-electron chi connectivity index (χ1n) is 7.01. The zero-order valence-corrected chi connectivity index (χ0v) is 12.9. The third kappa shape index (κ3) is 3.14. The van der Waals surface area contributed by atoms with E-state index in [-0.39, 0.29) is 11.7 Å². The number of aromatic nitrogens is 1. The van der Waals surface area contributed by atoms with Gasteiger partial charge in [-0.2, -0.15) is 0 Å². The molecule has 3 aromatic rings. The molecular weight excluding hydrogens is 299 g/mol. The highest BCUT2D eigenvalue weighted by molar-refractivity contribution is 7.09. The Hall–Kier alpha value is -2.27. The number of hydrogen-bond donors (Lipinski definition) is 1. The number of halogens is 1. The van der Waals surface area contributed by atoms with Crippen molar-refractivity contribution in [2.45, 2.75) is 13.3 Å². The van der Waals surface area contributed by atoms with Crippen LogP contribution in [0.25, 0.3) is 10.9 Å². The van der Waals surface area contributed by atoms with Gasteiger partial charge in [0.05, 0.1) is 16.8 Å². The molecule has 0 aliphatic carbocycles. The molecule has 0 saturated carbocycles. The highest BCUT2D eigenvalue weighted by atomic mass is 32.1. The lowest BCUT2D eigenvalue weighted by Gasteiger charge is -2.08. The van der Waals surface area contributed by atoms with Crippen LogP contribution in [0.1, 0.15) is 20.9 Å². The first-order chi connectivity index (χ1) is 10.6. The van der Waals surface area contributed by atoms with Gasteiger partial charge >= 0.3 is 0 Å². The van der Waals surface area contributed by atoms with Gasteiger partial charge < -0.3 is 5.32 Å². The van der Waals surface area contributed by atoms with E-state index in [2.05, 4.69) is 10.3 Å². The molecule has 1 N–H and O–H groups in total. The highest BCUT2D eigenvalue weighted by Crippen LogP contribution is 2.18. The number of benzene rings is 1. The second-order valence-electron chi connectivity index (χ2n) is 5.04. The molecule has 1 amide bonds. The molecule has 0 aliphatic rings. The third-order valence-corrected chi connectivity index (χ3v) is 4.39. The standard InChI is InChI=1S/C17H15FN2OS/c1-11-15(9-12-4-5-13(18)10-16(12)20-11)17(21)19-7-6-14-3-2-8-22-14/h2-5,8-10H,6-7H2,1H3,(H,19,21). The van der Waals surface area contributed by atoms with Crippen LogP contribution in [0.3, 0.4) is 0 Å². The molecule has 0 radical (unpaired) electrons. The maximum absolute atomic E-state index is 13.2. The number of carbonyl (C=O) groups excluding carboxylic acids is 1. The summed E-state index contributed by atoms with van der Waals surface area (Å²) in [5, 5.41) is 5.69. The minimum Gasteiger partial charge on any atom is -0.352 e. The van der Waals surface area contributed by atoms with E-state index >= 15 is 0 Å². The summed E-state index contributed by atoms with van der Waals surface area (Å²) in [5.74, 6) is -0.472. The smallest absolute Gasteiger partial charge is 0.253 e. The van der Waals surface area contributed by atoms with Crippen LogP contribution in [0, 0.1) is 12.7 Å². The molecule has 2 heterocycles. The Morgan fingerprint density at radius 3 is 2.95 bits per heavy atom. The second kappa shape index (κ2) is 6.23. The Morgan fingerprint density at radius 2 is 2.18 bits per heavy atom. The van der Waals surface area contributed by atoms with Crippen molar-refractivity contribution in [2.24, 2.45) is 0 Å². The van der Waals surface area contributed by atoms with Gasteiger partial charge in [-0.15, -0.1) is 11.3 Å². The van der Waals surface area contributed by atoms with E-state index in [0.29, 0.717) is 23.3 Å². The van der Waals surface area contributed by atoms with Crippen molar-refractivity contribution in [3.63, 3.8) is 0 Å². The lowest BCUT2D eigenvalue weighted by Crippen LogP contribution is -2.26. The van der Waals surface area contributed by atoms with Gasteiger partial charge in [-0.05, 0) is 43.0 Å². The molecule has 0 saturated heterocycles. The number of nitrogens with zero attached hydrogens (tertiary/aromatic N) is 1. The van der Waals surface area contributed by atoms with Gasteiger partial charge in [0.1, 0.15) is 5.82 Å². The van der Waals surface area contributed by atoms with Gasteiger partial charge in [-0.25, -0.2) is 4.39 Å².